The molecule has 2 aliphatic carbocycles. The molecule has 0 aliphatic heterocycles. The third kappa shape index (κ3) is 3.90. The van der Waals surface area contributed by atoms with E-state index in [4.69, 9.17) is 0 Å². The molecule has 1 amide bonds. The van der Waals surface area contributed by atoms with Crippen molar-refractivity contribution in [2.45, 2.75) is 38.5 Å². The number of likely N-dealkylation sites (N-methyl/N-ethyl adjacent to an activating group) is 1. The normalized spacial score (nSPS) is 18.7. The number of rotatable bonds is 7. The average Bonchev–Trinajstić information content (AvgIpc) is 2.56. The van der Waals surface area contributed by atoms with Crippen LogP contribution in [0.5, 0.6) is 0 Å². The van der Waals surface area contributed by atoms with Crippen LogP contribution in [0.15, 0.2) is 36.7 Å². The van der Waals surface area contributed by atoms with Gasteiger partial charge in [0.25, 0.3) is 0 Å². The highest BCUT2D eigenvalue weighted by Crippen LogP contribution is 2.58. The molecule has 2 aromatic rings. The summed E-state index contributed by atoms with van der Waals surface area (Å²) < 4.78 is 0. The molecule has 0 atom stereocenters. The van der Waals surface area contributed by atoms with E-state index >= 15 is 0 Å². The second-order valence-electron chi connectivity index (χ2n) is 8.47. The number of carbonyl (C=O) groups is 1. The van der Waals surface area contributed by atoms with Crippen molar-refractivity contribution in [1.29, 1.82) is 0 Å². The molecule has 1 aromatic carbocycles. The van der Waals surface area contributed by atoms with Gasteiger partial charge in [0.2, 0.25) is 5.91 Å². The van der Waals surface area contributed by atoms with Gasteiger partial charge in [0, 0.05) is 37.4 Å². The minimum Gasteiger partial charge on any atom is -0.355 e. The van der Waals surface area contributed by atoms with E-state index in [1.807, 2.05) is 24.4 Å². The van der Waals surface area contributed by atoms with E-state index in [2.05, 4.69) is 28.3 Å². The predicted octanol–water partition coefficient (Wildman–Crippen LogP) is 3.41. The Morgan fingerprint density at radius 2 is 2.12 bits per heavy atom. The second-order valence-corrected chi connectivity index (χ2v) is 8.47. The molecule has 0 saturated heterocycles. The highest BCUT2D eigenvalue weighted by atomic mass is 16.1. The van der Waals surface area contributed by atoms with Gasteiger partial charge in [-0.25, -0.2) is 0 Å². The molecular formula is C22H29N3O. The van der Waals surface area contributed by atoms with Gasteiger partial charge in [0.1, 0.15) is 0 Å². The summed E-state index contributed by atoms with van der Waals surface area (Å²) in [6.45, 7) is 2.83. The molecule has 1 aromatic heterocycles. The van der Waals surface area contributed by atoms with Crippen LogP contribution in [0.4, 0.5) is 0 Å². The molecule has 1 spiro atoms. The van der Waals surface area contributed by atoms with Crippen LogP contribution in [0.1, 0.15) is 37.7 Å². The number of carbonyl (C=O) groups excluding carboxylic acids is 1. The zero-order chi connectivity index (χ0) is 18.0. The summed E-state index contributed by atoms with van der Waals surface area (Å²) >= 11 is 0. The zero-order valence-electron chi connectivity index (χ0n) is 15.7. The molecule has 4 heteroatoms. The monoisotopic (exact) mass is 351 g/mol. The van der Waals surface area contributed by atoms with Crippen molar-refractivity contribution in [2.24, 2.45) is 11.3 Å². The van der Waals surface area contributed by atoms with Crippen molar-refractivity contribution < 1.29 is 4.79 Å². The summed E-state index contributed by atoms with van der Waals surface area (Å²) in [6.07, 6.45) is 11.3. The van der Waals surface area contributed by atoms with Crippen LogP contribution in [-0.2, 0) is 11.2 Å². The molecule has 1 N–H and O–H groups in total. The maximum atomic E-state index is 12.2. The number of hydrogen-bond donors (Lipinski definition) is 1. The number of nitrogens with one attached hydrogen (secondary N) is 1. The molecule has 1 heterocycles. The second kappa shape index (κ2) is 7.36. The minimum absolute atomic E-state index is 0.101. The first-order chi connectivity index (χ1) is 12.6. The molecule has 138 valence electrons. The quantitative estimate of drug-likeness (QED) is 0.831. The number of nitrogens with zero attached hydrogens (tertiary/aromatic N) is 2. The number of fused-ring (bicyclic) bond motifs is 1. The van der Waals surface area contributed by atoms with Crippen LogP contribution in [0, 0.1) is 11.3 Å². The fraction of sp³-hybridized carbons (Fsp3) is 0.545. The largest absolute Gasteiger partial charge is 0.355 e. The third-order valence-electron chi connectivity index (χ3n) is 6.31. The highest BCUT2D eigenvalue weighted by molar-refractivity contribution is 5.84. The van der Waals surface area contributed by atoms with E-state index in [1.165, 1.54) is 38.6 Å². The van der Waals surface area contributed by atoms with Crippen LogP contribution in [0.2, 0.25) is 0 Å². The lowest BCUT2D eigenvalue weighted by Crippen LogP contribution is -2.47. The Morgan fingerprint density at radius 3 is 2.88 bits per heavy atom. The van der Waals surface area contributed by atoms with Gasteiger partial charge in [-0.1, -0.05) is 24.6 Å². The van der Waals surface area contributed by atoms with Gasteiger partial charge in [-0.05, 0) is 61.1 Å². The van der Waals surface area contributed by atoms with Gasteiger partial charge in [-0.2, -0.15) is 0 Å². The van der Waals surface area contributed by atoms with Gasteiger partial charge in [0.15, 0.2) is 0 Å². The maximum Gasteiger partial charge on any atom is 0.224 e. The van der Waals surface area contributed by atoms with Gasteiger partial charge < -0.3 is 10.2 Å². The standard InChI is InChI=1S/C22H29N3O/c1-25(16-18-13-22(14-18)6-2-7-22)10-9-24-21(26)12-17-3-4-20-15-23-8-5-19(20)11-17/h3-5,8,11,15,18H,2,6-7,9-10,12-14,16H2,1H3,(H,24,26). The first-order valence-corrected chi connectivity index (χ1v) is 9.90. The van der Waals surface area contributed by atoms with Crippen LogP contribution < -0.4 is 5.32 Å². The Balaban J connectivity index is 1.16. The lowest BCUT2D eigenvalue weighted by Gasteiger charge is -2.55. The summed E-state index contributed by atoms with van der Waals surface area (Å²) in [5, 5.41) is 5.31. The fourth-order valence-corrected chi connectivity index (χ4v) is 4.79. The molecule has 0 bridgehead atoms. The number of aromatic nitrogens is 1. The summed E-state index contributed by atoms with van der Waals surface area (Å²) in [4.78, 5) is 18.7. The molecule has 0 unspecified atom stereocenters. The summed E-state index contributed by atoms with van der Waals surface area (Å²) in [5.41, 5.74) is 1.81. The SMILES string of the molecule is CN(CCNC(=O)Cc1ccc2cnccc2c1)CC1CC2(CCC2)C1. The molecule has 0 radical (unpaired) electrons. The maximum absolute atomic E-state index is 12.2. The number of amides is 1. The van der Waals surface area contributed by atoms with Crippen LogP contribution >= 0.6 is 0 Å². The van der Waals surface area contributed by atoms with E-state index in [0.717, 1.165) is 40.8 Å². The third-order valence-corrected chi connectivity index (χ3v) is 6.31. The Bertz CT molecular complexity index is 776. The lowest BCUT2D eigenvalue weighted by atomic mass is 9.52. The predicted molar refractivity (Wildman–Crippen MR) is 105 cm³/mol. The van der Waals surface area contributed by atoms with Gasteiger partial charge in [-0.15, -0.1) is 0 Å². The molecule has 26 heavy (non-hydrogen) atoms. The zero-order valence-corrected chi connectivity index (χ0v) is 15.7. The van der Waals surface area contributed by atoms with Crippen LogP contribution in [-0.4, -0.2) is 42.5 Å². The first-order valence-electron chi connectivity index (χ1n) is 9.90. The van der Waals surface area contributed by atoms with Crippen molar-refractivity contribution in [3.63, 3.8) is 0 Å². The van der Waals surface area contributed by atoms with Crippen molar-refractivity contribution in [2.75, 3.05) is 26.7 Å². The summed E-state index contributed by atoms with van der Waals surface area (Å²) in [6, 6.07) is 8.12. The molecule has 2 saturated carbocycles. The molecule has 2 fully saturated rings. The Kier molecular flexibility index (Phi) is 4.94. The lowest BCUT2D eigenvalue weighted by molar-refractivity contribution is -0.120. The highest BCUT2D eigenvalue weighted by Gasteiger charge is 2.47. The van der Waals surface area contributed by atoms with E-state index < -0.39 is 0 Å². The number of hydrogen-bond acceptors (Lipinski definition) is 3. The van der Waals surface area contributed by atoms with Crippen LogP contribution in [0.3, 0.4) is 0 Å². The minimum atomic E-state index is 0.101. The Hall–Kier alpha value is -1.94. The topological polar surface area (TPSA) is 45.2 Å². The van der Waals surface area contributed by atoms with Crippen molar-refractivity contribution in [3.05, 3.63) is 42.2 Å². The van der Waals surface area contributed by atoms with Crippen molar-refractivity contribution in [1.82, 2.24) is 15.2 Å². The van der Waals surface area contributed by atoms with Gasteiger partial charge in [0.05, 0.1) is 6.42 Å². The van der Waals surface area contributed by atoms with Crippen molar-refractivity contribution >= 4 is 16.7 Å². The van der Waals surface area contributed by atoms with E-state index in [-0.39, 0.29) is 5.91 Å². The summed E-state index contributed by atoms with van der Waals surface area (Å²) in [7, 11) is 2.18. The van der Waals surface area contributed by atoms with Crippen LogP contribution in [0.25, 0.3) is 10.8 Å². The molecular weight excluding hydrogens is 322 g/mol. The van der Waals surface area contributed by atoms with E-state index in [1.54, 1.807) is 6.20 Å². The van der Waals surface area contributed by atoms with Gasteiger partial charge >= 0.3 is 0 Å². The number of benzene rings is 1. The average molecular weight is 351 g/mol. The smallest absolute Gasteiger partial charge is 0.224 e. The Morgan fingerprint density at radius 1 is 1.27 bits per heavy atom. The number of pyridine rings is 1. The van der Waals surface area contributed by atoms with E-state index in [0.29, 0.717) is 6.42 Å². The van der Waals surface area contributed by atoms with Crippen molar-refractivity contribution in [3.8, 4) is 0 Å². The Labute approximate surface area is 156 Å². The molecule has 4 nitrogen and oxygen atoms in total. The molecule has 2 aliphatic rings. The van der Waals surface area contributed by atoms with E-state index in [9.17, 15) is 4.79 Å². The summed E-state index contributed by atoms with van der Waals surface area (Å²) in [5.74, 6) is 0.979. The first kappa shape index (κ1) is 17.5. The fourth-order valence-electron chi connectivity index (χ4n) is 4.79. The molecule has 4 rings (SSSR count). The van der Waals surface area contributed by atoms with Gasteiger partial charge in [-0.3, -0.25) is 9.78 Å².